The lowest BCUT2D eigenvalue weighted by Gasteiger charge is -2.11. The van der Waals surface area contributed by atoms with Crippen LogP contribution in [0.2, 0.25) is 0 Å². The molecule has 0 heterocycles. The summed E-state index contributed by atoms with van der Waals surface area (Å²) in [7, 11) is 0. The Balaban J connectivity index is 3.22. The van der Waals surface area contributed by atoms with Crippen molar-refractivity contribution in [2.45, 2.75) is 33.6 Å². The van der Waals surface area contributed by atoms with Gasteiger partial charge >= 0.3 is 0 Å². The summed E-state index contributed by atoms with van der Waals surface area (Å²) in [5.74, 6) is 2.35. The zero-order valence-corrected chi connectivity index (χ0v) is 7.41. The maximum atomic E-state index is 5.65. The van der Waals surface area contributed by atoms with Gasteiger partial charge in [0.05, 0.1) is 0 Å². The molecule has 0 aliphatic carbocycles. The van der Waals surface area contributed by atoms with Crippen LogP contribution in [0.4, 0.5) is 0 Å². The predicted octanol–water partition coefficient (Wildman–Crippen LogP) is 3.30. The van der Waals surface area contributed by atoms with Crippen LogP contribution in [-0.4, -0.2) is 5.88 Å². The molecular weight excluding hydrogens is 132 g/mol. The molecule has 0 nitrogen and oxygen atoms in total. The highest BCUT2D eigenvalue weighted by Gasteiger charge is 2.04. The molecule has 0 bridgehead atoms. The van der Waals surface area contributed by atoms with Crippen molar-refractivity contribution in [2.75, 3.05) is 5.88 Å². The van der Waals surface area contributed by atoms with Gasteiger partial charge in [-0.25, -0.2) is 0 Å². The molecule has 0 fully saturated rings. The summed E-state index contributed by atoms with van der Waals surface area (Å²) in [4.78, 5) is 0. The maximum Gasteiger partial charge on any atom is 0.0249 e. The van der Waals surface area contributed by atoms with E-state index in [2.05, 4.69) is 20.8 Å². The van der Waals surface area contributed by atoms with E-state index in [0.29, 0.717) is 5.92 Å². The molecule has 0 saturated carbocycles. The van der Waals surface area contributed by atoms with Crippen LogP contribution in [0.25, 0.3) is 0 Å². The molecule has 0 rings (SSSR count). The molecule has 0 spiro atoms. The Bertz CT molecular complexity index is 53.6. The second-order valence-electron chi connectivity index (χ2n) is 3.01. The fourth-order valence-electron chi connectivity index (χ4n) is 0.917. The molecule has 0 radical (unpaired) electrons. The van der Waals surface area contributed by atoms with Gasteiger partial charge in [0, 0.05) is 5.88 Å². The van der Waals surface area contributed by atoms with Gasteiger partial charge < -0.3 is 0 Å². The Morgan fingerprint density at radius 1 is 1.22 bits per heavy atom. The third kappa shape index (κ3) is 4.77. The van der Waals surface area contributed by atoms with Crippen molar-refractivity contribution in [3.8, 4) is 0 Å². The summed E-state index contributed by atoms with van der Waals surface area (Å²) < 4.78 is 0. The summed E-state index contributed by atoms with van der Waals surface area (Å²) in [5.41, 5.74) is 0. The van der Waals surface area contributed by atoms with E-state index in [4.69, 9.17) is 11.6 Å². The van der Waals surface area contributed by atoms with Crippen LogP contribution in [0.5, 0.6) is 0 Å². The minimum atomic E-state index is 0.696. The molecule has 9 heavy (non-hydrogen) atoms. The van der Waals surface area contributed by atoms with E-state index in [0.717, 1.165) is 11.8 Å². The number of hydrogen-bond acceptors (Lipinski definition) is 0. The van der Waals surface area contributed by atoms with Crippen molar-refractivity contribution in [3.63, 3.8) is 0 Å². The van der Waals surface area contributed by atoms with Gasteiger partial charge in [0.1, 0.15) is 0 Å². The van der Waals surface area contributed by atoms with E-state index < -0.39 is 0 Å². The van der Waals surface area contributed by atoms with E-state index in [1.54, 1.807) is 0 Å². The van der Waals surface area contributed by atoms with Crippen LogP contribution in [0, 0.1) is 11.8 Å². The van der Waals surface area contributed by atoms with Crippen LogP contribution in [0.15, 0.2) is 0 Å². The van der Waals surface area contributed by atoms with Crippen LogP contribution < -0.4 is 0 Å². The fraction of sp³-hybridized carbons (Fsp3) is 1.00. The lowest BCUT2D eigenvalue weighted by Crippen LogP contribution is -2.02. The molecule has 0 aromatic carbocycles. The predicted molar refractivity (Wildman–Crippen MR) is 44.0 cm³/mol. The van der Waals surface area contributed by atoms with Gasteiger partial charge in [0.15, 0.2) is 0 Å². The van der Waals surface area contributed by atoms with Crippen LogP contribution in [0.3, 0.4) is 0 Å². The first-order valence-electron chi connectivity index (χ1n) is 3.76. The number of halogens is 1. The first-order chi connectivity index (χ1) is 4.20. The molecule has 1 heteroatoms. The second kappa shape index (κ2) is 5.10. The lowest BCUT2D eigenvalue weighted by molar-refractivity contribution is 0.432. The number of rotatable bonds is 4. The van der Waals surface area contributed by atoms with Crippen molar-refractivity contribution in [3.05, 3.63) is 0 Å². The van der Waals surface area contributed by atoms with Gasteiger partial charge in [-0.05, 0) is 18.3 Å². The molecule has 0 aromatic heterocycles. The van der Waals surface area contributed by atoms with E-state index in [1.165, 1.54) is 12.8 Å². The van der Waals surface area contributed by atoms with Gasteiger partial charge in [-0.3, -0.25) is 0 Å². The fourth-order valence-corrected chi connectivity index (χ4v) is 1.04. The Kier molecular flexibility index (Phi) is 5.27. The number of hydrogen-bond donors (Lipinski definition) is 0. The van der Waals surface area contributed by atoms with E-state index in [9.17, 15) is 0 Å². The van der Waals surface area contributed by atoms with E-state index in [1.807, 2.05) is 0 Å². The van der Waals surface area contributed by atoms with Crippen molar-refractivity contribution in [1.82, 2.24) is 0 Å². The van der Waals surface area contributed by atoms with Crippen molar-refractivity contribution >= 4 is 11.6 Å². The topological polar surface area (TPSA) is 0 Å². The summed E-state index contributed by atoms with van der Waals surface area (Å²) in [6.45, 7) is 6.72. The minimum Gasteiger partial charge on any atom is -0.126 e. The lowest BCUT2D eigenvalue weighted by atomic mass is 9.97. The van der Waals surface area contributed by atoms with Crippen molar-refractivity contribution < 1.29 is 0 Å². The third-order valence-electron chi connectivity index (χ3n) is 1.77. The largest absolute Gasteiger partial charge is 0.126 e. The molecule has 0 saturated heterocycles. The summed E-state index contributed by atoms with van der Waals surface area (Å²) in [6, 6.07) is 0. The first-order valence-corrected chi connectivity index (χ1v) is 4.30. The second-order valence-corrected chi connectivity index (χ2v) is 3.32. The normalized spacial score (nSPS) is 17.3. The summed E-state index contributed by atoms with van der Waals surface area (Å²) in [5, 5.41) is 0. The van der Waals surface area contributed by atoms with Gasteiger partial charge in [-0.2, -0.15) is 0 Å². The van der Waals surface area contributed by atoms with Crippen LogP contribution in [-0.2, 0) is 0 Å². The first kappa shape index (κ1) is 9.29. The smallest absolute Gasteiger partial charge is 0.0249 e. The Morgan fingerprint density at radius 3 is 2.11 bits per heavy atom. The van der Waals surface area contributed by atoms with Crippen molar-refractivity contribution in [2.24, 2.45) is 11.8 Å². The SMILES string of the molecule is CCC(C)CC(C)CCl. The molecule has 0 aliphatic heterocycles. The summed E-state index contributed by atoms with van der Waals surface area (Å²) >= 11 is 5.65. The molecule has 0 amide bonds. The van der Waals surface area contributed by atoms with Gasteiger partial charge in [0.25, 0.3) is 0 Å². The van der Waals surface area contributed by atoms with Crippen LogP contribution >= 0.6 is 11.6 Å². The monoisotopic (exact) mass is 148 g/mol. The van der Waals surface area contributed by atoms with Gasteiger partial charge in [0.2, 0.25) is 0 Å². The third-order valence-corrected chi connectivity index (χ3v) is 2.29. The van der Waals surface area contributed by atoms with Crippen molar-refractivity contribution in [1.29, 1.82) is 0 Å². The van der Waals surface area contributed by atoms with E-state index in [-0.39, 0.29) is 0 Å². The zero-order valence-electron chi connectivity index (χ0n) is 6.65. The molecule has 0 aliphatic rings. The maximum absolute atomic E-state index is 5.65. The molecule has 56 valence electrons. The highest BCUT2D eigenvalue weighted by molar-refractivity contribution is 6.18. The zero-order chi connectivity index (χ0) is 7.28. The molecule has 0 N–H and O–H groups in total. The minimum absolute atomic E-state index is 0.696. The molecule has 0 aromatic rings. The standard InChI is InChI=1S/C8H17Cl/c1-4-7(2)5-8(3)6-9/h7-8H,4-6H2,1-3H3. The average Bonchev–Trinajstić information content (AvgIpc) is 1.87. The molecular formula is C8H17Cl. The highest BCUT2D eigenvalue weighted by atomic mass is 35.5. The highest BCUT2D eigenvalue weighted by Crippen LogP contribution is 2.15. The average molecular weight is 149 g/mol. The summed E-state index contributed by atoms with van der Waals surface area (Å²) in [6.07, 6.45) is 2.56. The molecule has 2 atom stereocenters. The van der Waals surface area contributed by atoms with Crippen LogP contribution in [0.1, 0.15) is 33.6 Å². The number of alkyl halides is 1. The Labute approximate surface area is 63.6 Å². The Hall–Kier alpha value is 0.290. The quantitative estimate of drug-likeness (QED) is 0.537. The van der Waals surface area contributed by atoms with Gasteiger partial charge in [-0.1, -0.05) is 27.2 Å². The van der Waals surface area contributed by atoms with E-state index >= 15 is 0 Å². The Morgan fingerprint density at radius 2 is 1.78 bits per heavy atom. The van der Waals surface area contributed by atoms with Gasteiger partial charge in [-0.15, -0.1) is 11.6 Å². The molecule has 2 unspecified atom stereocenters.